The first-order valence-electron chi connectivity index (χ1n) is 8.05. The molecule has 0 unspecified atom stereocenters. The van der Waals surface area contributed by atoms with Crippen LogP contribution in [-0.2, 0) is 0 Å². The number of rotatable bonds is 2. The van der Waals surface area contributed by atoms with Gasteiger partial charge in [0.2, 0.25) is 0 Å². The van der Waals surface area contributed by atoms with Gasteiger partial charge in [-0.25, -0.2) is 0 Å². The van der Waals surface area contributed by atoms with Crippen molar-refractivity contribution in [1.82, 2.24) is 25.0 Å². The van der Waals surface area contributed by atoms with Gasteiger partial charge in [0.25, 0.3) is 0 Å². The molecule has 0 fully saturated rings. The number of fused-ring (bicyclic) bond motifs is 3. The molecule has 0 atom stereocenters. The molecule has 3 heterocycles. The number of halogens is 1. The van der Waals surface area contributed by atoms with Crippen molar-refractivity contribution in [3.8, 4) is 22.6 Å². The molecular weight excluding hydrogens is 350 g/mol. The van der Waals surface area contributed by atoms with E-state index in [0.717, 1.165) is 21.9 Å². The third-order valence-corrected chi connectivity index (χ3v) is 4.70. The number of aryl methyl sites for hydroxylation is 1. The maximum Gasteiger partial charge on any atom is 0.191 e. The van der Waals surface area contributed by atoms with Crippen molar-refractivity contribution in [2.24, 2.45) is 0 Å². The Balaban J connectivity index is 1.81. The summed E-state index contributed by atoms with van der Waals surface area (Å²) in [7, 11) is 0. The highest BCUT2D eigenvalue weighted by Gasteiger charge is 2.22. The van der Waals surface area contributed by atoms with E-state index < -0.39 is 0 Å². The second-order valence-corrected chi connectivity index (χ2v) is 6.34. The Kier molecular flexibility index (Phi) is 3.26. The molecule has 7 heteroatoms. The molecule has 0 aliphatic carbocycles. The zero-order valence-electron chi connectivity index (χ0n) is 13.7. The van der Waals surface area contributed by atoms with E-state index in [0.29, 0.717) is 27.9 Å². The number of hydrogen-bond donors (Lipinski definition) is 0. The van der Waals surface area contributed by atoms with Gasteiger partial charge in [-0.15, -0.1) is 10.2 Å². The molecular formula is C19H12ClN5O. The summed E-state index contributed by atoms with van der Waals surface area (Å²) in [5.41, 5.74) is 3.07. The molecule has 126 valence electrons. The Morgan fingerprint density at radius 2 is 1.81 bits per heavy atom. The molecule has 0 N–H and O–H groups in total. The zero-order valence-corrected chi connectivity index (χ0v) is 14.5. The lowest BCUT2D eigenvalue weighted by atomic mass is 10.1. The molecule has 0 bridgehead atoms. The second kappa shape index (κ2) is 5.64. The van der Waals surface area contributed by atoms with Crippen molar-refractivity contribution in [2.45, 2.75) is 6.92 Å². The lowest BCUT2D eigenvalue weighted by Gasteiger charge is -2.03. The summed E-state index contributed by atoms with van der Waals surface area (Å²) in [6, 6.07) is 15.5. The Morgan fingerprint density at radius 1 is 0.962 bits per heavy atom. The van der Waals surface area contributed by atoms with E-state index in [-0.39, 0.29) is 0 Å². The van der Waals surface area contributed by atoms with Crippen LogP contribution in [0.25, 0.3) is 39.1 Å². The van der Waals surface area contributed by atoms with Crippen molar-refractivity contribution >= 4 is 28.0 Å². The first-order valence-corrected chi connectivity index (χ1v) is 8.42. The summed E-state index contributed by atoms with van der Waals surface area (Å²) < 4.78 is 7.15. The van der Waals surface area contributed by atoms with Crippen molar-refractivity contribution in [1.29, 1.82) is 0 Å². The predicted octanol–water partition coefficient (Wildman–Crippen LogP) is 4.56. The minimum atomic E-state index is 0.583. The molecule has 0 saturated heterocycles. The average molecular weight is 362 g/mol. The second-order valence-electron chi connectivity index (χ2n) is 5.93. The largest absolute Gasteiger partial charge is 0.360 e. The van der Waals surface area contributed by atoms with Gasteiger partial charge in [0, 0.05) is 16.3 Å². The summed E-state index contributed by atoms with van der Waals surface area (Å²) in [6.07, 6.45) is 1.72. The molecule has 0 aliphatic heterocycles. The normalized spacial score (nSPS) is 11.5. The fourth-order valence-corrected chi connectivity index (χ4v) is 3.34. The summed E-state index contributed by atoms with van der Waals surface area (Å²) in [5, 5.41) is 19.8. The van der Waals surface area contributed by atoms with Crippen LogP contribution in [-0.4, -0.2) is 25.0 Å². The van der Waals surface area contributed by atoms with Crippen LogP contribution in [0.4, 0.5) is 0 Å². The molecule has 0 aliphatic rings. The van der Waals surface area contributed by atoms with Gasteiger partial charge in [-0.2, -0.15) is 9.61 Å². The third kappa shape index (κ3) is 2.12. The number of nitrogens with zero attached hydrogens (tertiary/aromatic N) is 5. The highest BCUT2D eigenvalue weighted by atomic mass is 35.5. The topological polar surface area (TPSA) is 69.1 Å². The summed E-state index contributed by atoms with van der Waals surface area (Å²) in [4.78, 5) is 0. The molecule has 0 spiro atoms. The lowest BCUT2D eigenvalue weighted by Crippen LogP contribution is -1.97. The smallest absolute Gasteiger partial charge is 0.191 e. The Labute approximate surface area is 153 Å². The van der Waals surface area contributed by atoms with Gasteiger partial charge in [-0.1, -0.05) is 59.2 Å². The van der Waals surface area contributed by atoms with Crippen molar-refractivity contribution in [2.75, 3.05) is 0 Å². The number of aromatic nitrogens is 5. The first kappa shape index (κ1) is 15.0. The van der Waals surface area contributed by atoms with Crippen molar-refractivity contribution in [3.05, 3.63) is 65.5 Å². The molecule has 3 aromatic heterocycles. The van der Waals surface area contributed by atoms with Gasteiger partial charge < -0.3 is 4.52 Å². The Hall–Kier alpha value is -3.25. The van der Waals surface area contributed by atoms with Crippen LogP contribution in [0.3, 0.4) is 0 Å². The standard InChI is InChI=1S/C19H12ClN5O/c1-11-16(17(24-26-11)12-6-3-2-4-7-12)19-23-22-18-13-8-5-9-15(20)14(13)10-21-25(18)19/h2-10H,1H3. The molecule has 26 heavy (non-hydrogen) atoms. The van der Waals surface area contributed by atoms with Crippen LogP contribution < -0.4 is 0 Å². The van der Waals surface area contributed by atoms with Crippen LogP contribution in [0, 0.1) is 6.92 Å². The summed E-state index contributed by atoms with van der Waals surface area (Å²) >= 11 is 6.27. The Morgan fingerprint density at radius 3 is 2.65 bits per heavy atom. The zero-order chi connectivity index (χ0) is 17.7. The van der Waals surface area contributed by atoms with E-state index in [4.69, 9.17) is 16.1 Å². The summed E-state index contributed by atoms with van der Waals surface area (Å²) in [6.45, 7) is 1.85. The van der Waals surface area contributed by atoms with E-state index >= 15 is 0 Å². The highest BCUT2D eigenvalue weighted by Crippen LogP contribution is 2.34. The van der Waals surface area contributed by atoms with E-state index in [1.54, 1.807) is 10.7 Å². The van der Waals surface area contributed by atoms with E-state index in [1.807, 2.05) is 55.5 Å². The first-order chi connectivity index (χ1) is 12.7. The highest BCUT2D eigenvalue weighted by molar-refractivity contribution is 6.35. The van der Waals surface area contributed by atoms with E-state index in [9.17, 15) is 0 Å². The molecule has 6 nitrogen and oxygen atoms in total. The predicted molar refractivity (Wildman–Crippen MR) is 99.0 cm³/mol. The van der Waals surface area contributed by atoms with Crippen LogP contribution in [0.5, 0.6) is 0 Å². The van der Waals surface area contributed by atoms with E-state index in [1.165, 1.54) is 0 Å². The quantitative estimate of drug-likeness (QED) is 0.461. The van der Waals surface area contributed by atoms with Crippen LogP contribution in [0.15, 0.2) is 59.3 Å². The van der Waals surface area contributed by atoms with Crippen LogP contribution >= 0.6 is 11.6 Å². The van der Waals surface area contributed by atoms with E-state index in [2.05, 4.69) is 20.5 Å². The molecule has 0 saturated carbocycles. The third-order valence-electron chi connectivity index (χ3n) is 4.37. The molecule has 5 aromatic rings. The van der Waals surface area contributed by atoms with Gasteiger partial charge in [0.05, 0.1) is 16.8 Å². The SMILES string of the molecule is Cc1onc(-c2ccccc2)c1-c1nnc2c3cccc(Cl)c3cnn12. The minimum absolute atomic E-state index is 0.583. The molecule has 5 rings (SSSR count). The average Bonchev–Trinajstić information content (AvgIpc) is 3.26. The van der Waals surface area contributed by atoms with Gasteiger partial charge in [-0.05, 0) is 13.0 Å². The maximum absolute atomic E-state index is 6.27. The molecule has 0 amide bonds. The molecule has 0 radical (unpaired) electrons. The van der Waals surface area contributed by atoms with Crippen molar-refractivity contribution in [3.63, 3.8) is 0 Å². The Bertz CT molecular complexity index is 1260. The maximum atomic E-state index is 6.27. The van der Waals surface area contributed by atoms with Gasteiger partial charge >= 0.3 is 0 Å². The fraction of sp³-hybridized carbons (Fsp3) is 0.0526. The van der Waals surface area contributed by atoms with Crippen molar-refractivity contribution < 1.29 is 4.52 Å². The number of benzene rings is 2. The van der Waals surface area contributed by atoms with Crippen LogP contribution in [0.2, 0.25) is 5.02 Å². The van der Waals surface area contributed by atoms with Gasteiger partial charge in [0.1, 0.15) is 11.5 Å². The summed E-state index contributed by atoms with van der Waals surface area (Å²) in [5.74, 6) is 1.24. The minimum Gasteiger partial charge on any atom is -0.360 e. The molecule has 2 aromatic carbocycles. The lowest BCUT2D eigenvalue weighted by molar-refractivity contribution is 0.400. The van der Waals surface area contributed by atoms with Crippen LogP contribution in [0.1, 0.15) is 5.76 Å². The number of hydrogen-bond acceptors (Lipinski definition) is 5. The van der Waals surface area contributed by atoms with Gasteiger partial charge in [0.15, 0.2) is 11.5 Å². The monoisotopic (exact) mass is 361 g/mol. The fourth-order valence-electron chi connectivity index (χ4n) is 3.12. The van der Waals surface area contributed by atoms with Gasteiger partial charge in [-0.3, -0.25) is 0 Å².